The van der Waals surface area contributed by atoms with Gasteiger partial charge in [-0.05, 0) is 37.1 Å². The van der Waals surface area contributed by atoms with Gasteiger partial charge < -0.3 is 4.42 Å². The van der Waals surface area contributed by atoms with Gasteiger partial charge in [0.05, 0.1) is 17.2 Å². The Morgan fingerprint density at radius 1 is 1.10 bits per heavy atom. The van der Waals surface area contributed by atoms with Gasteiger partial charge in [-0.25, -0.2) is 4.90 Å². The number of rotatable bonds is 4. The minimum absolute atomic E-state index is 0.0572. The third-order valence-corrected chi connectivity index (χ3v) is 5.70. The van der Waals surface area contributed by atoms with Gasteiger partial charge in [-0.15, -0.1) is 0 Å². The first-order valence-electron chi connectivity index (χ1n) is 10.1. The second-order valence-corrected chi connectivity index (χ2v) is 7.56. The van der Waals surface area contributed by atoms with Crippen LogP contribution < -0.4 is 10.5 Å². The number of imide groups is 1. The van der Waals surface area contributed by atoms with E-state index in [2.05, 4.69) is 10.1 Å². The Kier molecular flexibility index (Phi) is 4.35. The molecule has 2 aromatic heterocycles. The summed E-state index contributed by atoms with van der Waals surface area (Å²) in [5, 5.41) is 2.95. The normalized spacial score (nSPS) is 16.6. The predicted molar refractivity (Wildman–Crippen MR) is 114 cm³/mol. The van der Waals surface area contributed by atoms with Gasteiger partial charge in [0.1, 0.15) is 5.52 Å². The van der Waals surface area contributed by atoms with Crippen LogP contribution in [0.2, 0.25) is 0 Å². The smallest absolute Gasteiger partial charge is 0.325 e. The molecule has 1 aliphatic rings. The number of fused-ring (bicyclic) bond motifs is 1. The van der Waals surface area contributed by atoms with E-state index in [1.807, 2.05) is 31.2 Å². The molecule has 1 saturated heterocycles. The highest BCUT2D eigenvalue weighted by molar-refractivity contribution is 6.23. The van der Waals surface area contributed by atoms with Crippen LogP contribution in [0.15, 0.2) is 57.7 Å². The molecule has 156 valence electrons. The van der Waals surface area contributed by atoms with E-state index in [1.165, 1.54) is 9.58 Å². The highest BCUT2D eigenvalue weighted by Crippen LogP contribution is 2.35. The van der Waals surface area contributed by atoms with Gasteiger partial charge >= 0.3 is 6.01 Å². The molecule has 0 radical (unpaired) electrons. The van der Waals surface area contributed by atoms with Crippen LogP contribution in [0, 0.1) is 6.92 Å². The summed E-state index contributed by atoms with van der Waals surface area (Å²) in [5.74, 6) is -1.56. The Hall–Kier alpha value is -3.94. The lowest BCUT2D eigenvalue weighted by Gasteiger charge is -2.18. The van der Waals surface area contributed by atoms with Gasteiger partial charge in [-0.3, -0.25) is 19.5 Å². The van der Waals surface area contributed by atoms with E-state index in [0.717, 1.165) is 5.56 Å². The van der Waals surface area contributed by atoms with Crippen molar-refractivity contribution in [3.8, 4) is 6.01 Å². The van der Waals surface area contributed by atoms with E-state index < -0.39 is 17.4 Å². The molecule has 2 amide bonds. The number of para-hydroxylation sites is 3. The lowest BCUT2D eigenvalue weighted by atomic mass is 9.98. The lowest BCUT2D eigenvalue weighted by molar-refractivity contribution is -0.121. The van der Waals surface area contributed by atoms with Gasteiger partial charge in [-0.2, -0.15) is 9.67 Å². The van der Waals surface area contributed by atoms with Gasteiger partial charge in [0.25, 0.3) is 5.56 Å². The maximum atomic E-state index is 13.3. The Bertz CT molecular complexity index is 1360. The van der Waals surface area contributed by atoms with Gasteiger partial charge in [0.15, 0.2) is 5.58 Å². The first-order valence-corrected chi connectivity index (χ1v) is 10.1. The van der Waals surface area contributed by atoms with Gasteiger partial charge in [-0.1, -0.05) is 37.3 Å². The van der Waals surface area contributed by atoms with E-state index in [1.54, 1.807) is 31.2 Å². The van der Waals surface area contributed by atoms with Crippen molar-refractivity contribution in [3.63, 3.8) is 0 Å². The van der Waals surface area contributed by atoms with E-state index in [9.17, 15) is 14.4 Å². The Morgan fingerprint density at radius 3 is 2.61 bits per heavy atom. The van der Waals surface area contributed by atoms with Crippen LogP contribution in [0.1, 0.15) is 36.1 Å². The van der Waals surface area contributed by atoms with Gasteiger partial charge in [0, 0.05) is 12.1 Å². The fourth-order valence-electron chi connectivity index (χ4n) is 4.20. The number of hydrogen-bond donors (Lipinski definition) is 1. The van der Waals surface area contributed by atoms with E-state index in [4.69, 9.17) is 4.42 Å². The number of benzene rings is 2. The van der Waals surface area contributed by atoms with Crippen molar-refractivity contribution in [1.82, 2.24) is 14.8 Å². The van der Waals surface area contributed by atoms with Crippen LogP contribution >= 0.6 is 0 Å². The molecular weight excluding hydrogens is 396 g/mol. The lowest BCUT2D eigenvalue weighted by Crippen LogP contribution is -2.32. The highest BCUT2D eigenvalue weighted by Gasteiger charge is 2.43. The molecule has 3 heterocycles. The second kappa shape index (κ2) is 7.09. The van der Waals surface area contributed by atoms with Crippen LogP contribution in [0.25, 0.3) is 17.1 Å². The molecule has 4 aromatic rings. The largest absolute Gasteiger partial charge is 0.422 e. The molecule has 5 rings (SSSR count). The van der Waals surface area contributed by atoms with E-state index >= 15 is 0 Å². The first-order chi connectivity index (χ1) is 15.0. The van der Waals surface area contributed by atoms with Crippen LogP contribution in [0.4, 0.5) is 5.69 Å². The fourth-order valence-corrected chi connectivity index (χ4v) is 4.20. The number of nitrogens with zero attached hydrogens (tertiary/aromatic N) is 3. The average molecular weight is 416 g/mol. The minimum atomic E-state index is -0.855. The number of carbonyl (C=O) groups is 2. The van der Waals surface area contributed by atoms with Crippen molar-refractivity contribution < 1.29 is 14.0 Å². The van der Waals surface area contributed by atoms with Crippen molar-refractivity contribution in [2.45, 2.75) is 32.6 Å². The summed E-state index contributed by atoms with van der Waals surface area (Å²) in [5.41, 5.74) is 2.97. The quantitative estimate of drug-likeness (QED) is 0.515. The summed E-state index contributed by atoms with van der Waals surface area (Å²) in [7, 11) is 0. The molecule has 1 N–H and O–H groups in total. The maximum absolute atomic E-state index is 13.3. The molecule has 0 spiro atoms. The predicted octanol–water partition coefficient (Wildman–Crippen LogP) is 3.22. The van der Waals surface area contributed by atoms with E-state index in [-0.39, 0.29) is 23.9 Å². The Labute approximate surface area is 177 Å². The highest BCUT2D eigenvalue weighted by atomic mass is 16.4. The number of hydrogen-bond acceptors (Lipinski definition) is 5. The number of oxazole rings is 1. The Balaban J connectivity index is 1.56. The molecule has 1 atom stereocenters. The van der Waals surface area contributed by atoms with Crippen LogP contribution in [0.5, 0.6) is 0 Å². The summed E-state index contributed by atoms with van der Waals surface area (Å²) in [6.07, 6.45) is 0.629. The monoisotopic (exact) mass is 416 g/mol. The molecule has 1 fully saturated rings. The molecular formula is C23H20N4O4. The van der Waals surface area contributed by atoms with E-state index in [0.29, 0.717) is 28.9 Å². The zero-order chi connectivity index (χ0) is 21.7. The maximum Gasteiger partial charge on any atom is 0.325 e. The number of aromatic nitrogens is 3. The first kappa shape index (κ1) is 19.0. The summed E-state index contributed by atoms with van der Waals surface area (Å²) in [4.78, 5) is 44.9. The summed E-state index contributed by atoms with van der Waals surface area (Å²) in [6.45, 7) is 3.67. The molecule has 0 bridgehead atoms. The third-order valence-electron chi connectivity index (χ3n) is 5.70. The van der Waals surface area contributed by atoms with Crippen molar-refractivity contribution in [3.05, 3.63) is 75.7 Å². The average Bonchev–Trinajstić information content (AvgIpc) is 3.41. The van der Waals surface area contributed by atoms with Crippen molar-refractivity contribution >= 4 is 28.6 Å². The zero-order valence-corrected chi connectivity index (χ0v) is 17.1. The Morgan fingerprint density at radius 2 is 1.84 bits per heavy atom. The van der Waals surface area contributed by atoms with Gasteiger partial charge in [0.2, 0.25) is 11.8 Å². The van der Waals surface area contributed by atoms with Crippen LogP contribution in [-0.2, 0) is 16.0 Å². The number of H-pyrrole nitrogens is 1. The number of aryl methyl sites for hydroxylation is 2. The minimum Gasteiger partial charge on any atom is -0.422 e. The zero-order valence-electron chi connectivity index (χ0n) is 17.1. The second-order valence-electron chi connectivity index (χ2n) is 7.56. The van der Waals surface area contributed by atoms with Crippen molar-refractivity contribution in [1.29, 1.82) is 0 Å². The molecule has 31 heavy (non-hydrogen) atoms. The molecule has 1 unspecified atom stereocenters. The third kappa shape index (κ3) is 2.91. The molecule has 1 aliphatic heterocycles. The number of nitrogens with one attached hydrogen (secondary N) is 1. The van der Waals surface area contributed by atoms with Crippen LogP contribution in [0.3, 0.4) is 0 Å². The number of carbonyl (C=O) groups excluding carboxylic acids is 2. The van der Waals surface area contributed by atoms with Crippen molar-refractivity contribution in [2.24, 2.45) is 0 Å². The van der Waals surface area contributed by atoms with Crippen LogP contribution in [-0.4, -0.2) is 26.6 Å². The topological polar surface area (TPSA) is 101 Å². The molecule has 0 saturated carbocycles. The number of anilines is 1. The fraction of sp³-hybridized carbons (Fsp3) is 0.217. The molecule has 8 nitrogen and oxygen atoms in total. The molecule has 2 aromatic carbocycles. The molecule has 0 aliphatic carbocycles. The SMILES string of the molecule is CCc1ccccc1N1C(=O)CC(c2c(C)[nH]n(-c3nc4ccccc4o3)c2=O)C1=O. The summed E-state index contributed by atoms with van der Waals surface area (Å²) < 4.78 is 6.88. The van der Waals surface area contributed by atoms with Crippen molar-refractivity contribution in [2.75, 3.05) is 4.90 Å². The number of aromatic amines is 1. The standard InChI is InChI=1S/C23H20N4O4/c1-3-14-8-4-6-10-17(14)26-19(28)12-15(21(26)29)20-13(2)25-27(22(20)30)23-24-16-9-5-7-11-18(16)31-23/h4-11,15,25H,3,12H2,1-2H3. The molecule has 8 heteroatoms. The summed E-state index contributed by atoms with van der Waals surface area (Å²) >= 11 is 0. The number of amides is 2. The summed E-state index contributed by atoms with van der Waals surface area (Å²) in [6, 6.07) is 14.6.